The van der Waals surface area contributed by atoms with Crippen LogP contribution in [0.2, 0.25) is 5.02 Å². The van der Waals surface area contributed by atoms with Gasteiger partial charge in [-0.15, -0.1) is 0 Å². The molecule has 1 saturated heterocycles. The molecule has 0 radical (unpaired) electrons. The maximum atomic E-state index is 13.0. The number of hydrogen-bond acceptors (Lipinski definition) is 5. The Morgan fingerprint density at radius 2 is 1.82 bits per heavy atom. The zero-order valence-corrected chi connectivity index (χ0v) is 19.1. The van der Waals surface area contributed by atoms with Gasteiger partial charge in [0.15, 0.2) is 0 Å². The van der Waals surface area contributed by atoms with Gasteiger partial charge in [-0.05, 0) is 58.4 Å². The summed E-state index contributed by atoms with van der Waals surface area (Å²) >= 11 is 7.07. The molecule has 1 aromatic heterocycles. The Kier molecular flexibility index (Phi) is 5.73. The molecule has 0 aliphatic carbocycles. The topological polar surface area (TPSA) is 87.8 Å². The van der Waals surface area contributed by atoms with Gasteiger partial charge in [0.2, 0.25) is 0 Å². The van der Waals surface area contributed by atoms with E-state index in [0.29, 0.717) is 22.1 Å². The fourth-order valence-corrected chi connectivity index (χ4v) is 4.82. The average Bonchev–Trinajstić information content (AvgIpc) is 3.39. The lowest BCUT2D eigenvalue weighted by atomic mass is 10.0. The molecule has 8 heteroatoms. The van der Waals surface area contributed by atoms with E-state index in [-0.39, 0.29) is 22.3 Å². The Bertz CT molecular complexity index is 1500. The monoisotopic (exact) mass is 489 g/mol. The molecule has 2 heterocycles. The second-order valence-corrected chi connectivity index (χ2v) is 9.01. The number of rotatable bonds is 5. The predicted octanol–water partition coefficient (Wildman–Crippen LogP) is 6.69. The molecule has 2 amide bonds. The highest BCUT2D eigenvalue weighted by Crippen LogP contribution is 2.36. The third-order valence-corrected chi connectivity index (χ3v) is 6.70. The van der Waals surface area contributed by atoms with Crippen molar-refractivity contribution in [3.63, 3.8) is 0 Å². The fraction of sp³-hybridized carbons (Fsp3) is 0.0385. The molecule has 0 unspecified atom stereocenters. The van der Waals surface area contributed by atoms with Crippen LogP contribution >= 0.6 is 23.4 Å². The smallest absolute Gasteiger partial charge is 0.335 e. The van der Waals surface area contributed by atoms with Crippen LogP contribution in [0.25, 0.3) is 28.2 Å². The number of fused-ring (bicyclic) bond motifs is 1. The highest BCUT2D eigenvalue weighted by molar-refractivity contribution is 8.18. The van der Waals surface area contributed by atoms with E-state index in [1.54, 1.807) is 12.1 Å². The second kappa shape index (κ2) is 8.85. The van der Waals surface area contributed by atoms with Crippen LogP contribution in [0.3, 0.4) is 0 Å². The van der Waals surface area contributed by atoms with Gasteiger partial charge >= 0.3 is 5.97 Å². The largest absolute Gasteiger partial charge is 0.478 e. The second-order valence-electron chi connectivity index (χ2n) is 7.61. The standard InChI is InChI=1S/C26H16ClNO5S/c27-21-10-8-16(25(30)31)12-20(21)22-11-9-18(33-22)13-23-24(29)28(26(32)34-23)14-17-6-3-5-15-4-1-2-7-19(15)17/h1-13H,14H2,(H,30,31)/b23-13-. The van der Waals surface area contributed by atoms with Crippen LogP contribution in [-0.2, 0) is 11.3 Å². The van der Waals surface area contributed by atoms with E-state index in [1.807, 2.05) is 42.5 Å². The minimum absolute atomic E-state index is 0.0758. The maximum Gasteiger partial charge on any atom is 0.335 e. The van der Waals surface area contributed by atoms with Crippen LogP contribution in [0.5, 0.6) is 0 Å². The molecule has 5 rings (SSSR count). The first-order valence-electron chi connectivity index (χ1n) is 10.3. The summed E-state index contributed by atoms with van der Waals surface area (Å²) in [6, 6.07) is 21.2. The minimum Gasteiger partial charge on any atom is -0.478 e. The Morgan fingerprint density at radius 1 is 1.03 bits per heavy atom. The van der Waals surface area contributed by atoms with Gasteiger partial charge in [0.1, 0.15) is 11.5 Å². The number of hydrogen-bond donors (Lipinski definition) is 1. The van der Waals surface area contributed by atoms with Gasteiger partial charge < -0.3 is 9.52 Å². The van der Waals surface area contributed by atoms with Crippen LogP contribution in [0.15, 0.2) is 82.1 Å². The predicted molar refractivity (Wildman–Crippen MR) is 132 cm³/mol. The molecule has 168 valence electrons. The first-order chi connectivity index (χ1) is 16.4. The van der Waals surface area contributed by atoms with E-state index >= 15 is 0 Å². The van der Waals surface area contributed by atoms with Crippen molar-refractivity contribution in [2.45, 2.75) is 6.54 Å². The molecule has 3 aromatic carbocycles. The van der Waals surface area contributed by atoms with Crippen molar-refractivity contribution in [2.75, 3.05) is 0 Å². The summed E-state index contributed by atoms with van der Waals surface area (Å²) < 4.78 is 5.79. The zero-order valence-electron chi connectivity index (χ0n) is 17.5. The van der Waals surface area contributed by atoms with Crippen molar-refractivity contribution in [1.82, 2.24) is 4.90 Å². The van der Waals surface area contributed by atoms with E-state index < -0.39 is 11.9 Å². The van der Waals surface area contributed by atoms with Gasteiger partial charge in [-0.2, -0.15) is 0 Å². The maximum absolute atomic E-state index is 13.0. The number of benzene rings is 3. The van der Waals surface area contributed by atoms with Crippen molar-refractivity contribution in [2.24, 2.45) is 0 Å². The Hall–Kier alpha value is -3.81. The molecule has 0 atom stereocenters. The molecule has 0 bridgehead atoms. The number of nitrogens with zero attached hydrogens (tertiary/aromatic N) is 1. The lowest BCUT2D eigenvalue weighted by Crippen LogP contribution is -2.27. The normalized spacial score (nSPS) is 15.0. The van der Waals surface area contributed by atoms with Crippen LogP contribution in [0, 0.1) is 0 Å². The van der Waals surface area contributed by atoms with E-state index in [0.717, 1.165) is 28.1 Å². The van der Waals surface area contributed by atoms with Crippen molar-refractivity contribution in [3.05, 3.63) is 99.6 Å². The summed E-state index contributed by atoms with van der Waals surface area (Å²) in [5.74, 6) is -0.770. The Morgan fingerprint density at radius 3 is 2.65 bits per heavy atom. The van der Waals surface area contributed by atoms with Crippen LogP contribution in [0.4, 0.5) is 4.79 Å². The van der Waals surface area contributed by atoms with Gasteiger partial charge in [-0.3, -0.25) is 14.5 Å². The lowest BCUT2D eigenvalue weighted by molar-refractivity contribution is -0.123. The Labute approximate surface area is 203 Å². The number of furan rings is 1. The molecule has 0 saturated carbocycles. The van der Waals surface area contributed by atoms with Crippen LogP contribution in [-0.4, -0.2) is 27.1 Å². The number of thioether (sulfide) groups is 1. The van der Waals surface area contributed by atoms with Crippen molar-refractivity contribution in [1.29, 1.82) is 0 Å². The fourth-order valence-electron chi connectivity index (χ4n) is 3.79. The number of halogens is 1. The van der Waals surface area contributed by atoms with Gasteiger partial charge in [-0.1, -0.05) is 54.1 Å². The average molecular weight is 490 g/mol. The SMILES string of the molecule is O=C(O)c1ccc(Cl)c(-c2ccc(/C=C3\SC(=O)N(Cc4cccc5ccccc45)C3=O)o2)c1. The molecule has 6 nitrogen and oxygen atoms in total. The summed E-state index contributed by atoms with van der Waals surface area (Å²) in [5.41, 5.74) is 1.38. The summed E-state index contributed by atoms with van der Waals surface area (Å²) in [4.78, 5) is 38.4. The van der Waals surface area contributed by atoms with Crippen LogP contribution in [0.1, 0.15) is 21.7 Å². The first kappa shape index (κ1) is 22.0. The van der Waals surface area contributed by atoms with Gasteiger partial charge in [0.05, 0.1) is 22.0 Å². The number of aromatic carboxylic acids is 1. The molecule has 34 heavy (non-hydrogen) atoms. The van der Waals surface area contributed by atoms with E-state index in [2.05, 4.69) is 0 Å². The molecule has 1 aliphatic heterocycles. The first-order valence-corrected chi connectivity index (χ1v) is 11.5. The number of carbonyl (C=O) groups excluding carboxylic acids is 2. The van der Waals surface area contributed by atoms with E-state index in [1.165, 1.54) is 29.2 Å². The minimum atomic E-state index is -1.08. The van der Waals surface area contributed by atoms with Gasteiger partial charge in [-0.25, -0.2) is 4.79 Å². The van der Waals surface area contributed by atoms with E-state index in [4.69, 9.17) is 16.0 Å². The highest BCUT2D eigenvalue weighted by atomic mass is 35.5. The van der Waals surface area contributed by atoms with Crippen LogP contribution < -0.4 is 0 Å². The number of imide groups is 1. The Balaban J connectivity index is 1.40. The number of carboxylic acid groups (broad SMARTS) is 1. The molecule has 4 aromatic rings. The third kappa shape index (κ3) is 4.11. The van der Waals surface area contributed by atoms with Crippen molar-refractivity contribution < 1.29 is 23.9 Å². The lowest BCUT2D eigenvalue weighted by Gasteiger charge is -2.14. The number of carbonyl (C=O) groups is 3. The molecular formula is C26H16ClNO5S. The van der Waals surface area contributed by atoms with Gasteiger partial charge in [0, 0.05) is 11.6 Å². The third-order valence-electron chi connectivity index (χ3n) is 5.46. The zero-order chi connectivity index (χ0) is 23.8. The molecule has 1 aliphatic rings. The summed E-state index contributed by atoms with van der Waals surface area (Å²) in [7, 11) is 0. The number of amides is 2. The molecular weight excluding hydrogens is 474 g/mol. The van der Waals surface area contributed by atoms with Crippen molar-refractivity contribution >= 4 is 57.3 Å². The summed E-state index contributed by atoms with van der Waals surface area (Å²) in [6.07, 6.45) is 1.51. The summed E-state index contributed by atoms with van der Waals surface area (Å²) in [6.45, 7) is 0.171. The van der Waals surface area contributed by atoms with Gasteiger partial charge in [0.25, 0.3) is 11.1 Å². The number of carboxylic acids is 1. The molecule has 1 N–H and O–H groups in total. The van der Waals surface area contributed by atoms with E-state index in [9.17, 15) is 19.5 Å². The molecule has 1 fully saturated rings. The highest BCUT2D eigenvalue weighted by Gasteiger charge is 2.35. The molecule has 0 spiro atoms. The quantitative estimate of drug-likeness (QED) is 0.314. The van der Waals surface area contributed by atoms with Crippen molar-refractivity contribution in [3.8, 4) is 11.3 Å². The summed E-state index contributed by atoms with van der Waals surface area (Å²) in [5, 5.41) is 11.2.